The summed E-state index contributed by atoms with van der Waals surface area (Å²) in [5.74, 6) is -0.0574. The van der Waals surface area contributed by atoms with Gasteiger partial charge in [-0.05, 0) is 53.4 Å². The Kier molecular flexibility index (Phi) is 5.74. The molecule has 0 bridgehead atoms. The Morgan fingerprint density at radius 3 is 2.83 bits per heavy atom. The predicted octanol–water partition coefficient (Wildman–Crippen LogP) is 2.94. The summed E-state index contributed by atoms with van der Waals surface area (Å²) in [6.45, 7) is 4.03. The number of hydrogen-bond donors (Lipinski definition) is 2. The van der Waals surface area contributed by atoms with Gasteiger partial charge in [0.1, 0.15) is 11.6 Å². The van der Waals surface area contributed by atoms with Crippen LogP contribution in [0.25, 0.3) is 0 Å². The molecule has 0 spiro atoms. The maximum Gasteiger partial charge on any atom is 0.266 e. The quantitative estimate of drug-likeness (QED) is 0.818. The number of nitrogens with zero attached hydrogens (tertiary/aromatic N) is 1. The third-order valence-electron chi connectivity index (χ3n) is 3.60. The highest BCUT2D eigenvalue weighted by atomic mass is 79.9. The number of amides is 1. The van der Waals surface area contributed by atoms with Crippen LogP contribution in [0.1, 0.15) is 33.7 Å². The summed E-state index contributed by atoms with van der Waals surface area (Å²) in [7, 11) is 0. The first-order chi connectivity index (χ1) is 10.9. The number of rotatable bonds is 5. The molecule has 0 aliphatic rings. The molecule has 0 fully saturated rings. The molecule has 0 aliphatic carbocycles. The van der Waals surface area contributed by atoms with Crippen LogP contribution < -0.4 is 10.9 Å². The highest BCUT2D eigenvalue weighted by molar-refractivity contribution is 9.10. The van der Waals surface area contributed by atoms with E-state index in [9.17, 15) is 9.59 Å². The molecule has 0 atom stereocenters. The van der Waals surface area contributed by atoms with Crippen LogP contribution in [0.2, 0.25) is 0 Å². The molecule has 2 rings (SSSR count). The van der Waals surface area contributed by atoms with Crippen molar-refractivity contribution in [3.8, 4) is 6.07 Å². The van der Waals surface area contributed by atoms with Crippen LogP contribution in [0.3, 0.4) is 0 Å². The topological polar surface area (TPSA) is 85.8 Å². The van der Waals surface area contributed by atoms with E-state index in [4.69, 9.17) is 5.26 Å². The average molecular weight is 394 g/mol. The summed E-state index contributed by atoms with van der Waals surface area (Å²) in [5.41, 5.74) is 1.97. The Labute approximate surface area is 146 Å². The molecule has 2 N–H and O–H groups in total. The van der Waals surface area contributed by atoms with Gasteiger partial charge in [-0.15, -0.1) is 11.3 Å². The lowest BCUT2D eigenvalue weighted by atomic mass is 9.99. The number of carbonyl (C=O) groups excluding carboxylic acids is 1. The van der Waals surface area contributed by atoms with Gasteiger partial charge in [-0.3, -0.25) is 9.59 Å². The molecule has 0 unspecified atom stereocenters. The summed E-state index contributed by atoms with van der Waals surface area (Å²) < 4.78 is 1.01. The predicted molar refractivity (Wildman–Crippen MR) is 93.4 cm³/mol. The fraction of sp³-hybridized carbons (Fsp3) is 0.312. The van der Waals surface area contributed by atoms with E-state index in [1.54, 1.807) is 25.2 Å². The number of thiophene rings is 1. The van der Waals surface area contributed by atoms with Gasteiger partial charge < -0.3 is 10.3 Å². The van der Waals surface area contributed by atoms with E-state index in [0.29, 0.717) is 30.6 Å². The van der Waals surface area contributed by atoms with Crippen molar-refractivity contribution >= 4 is 33.2 Å². The number of pyridine rings is 1. The van der Waals surface area contributed by atoms with Gasteiger partial charge >= 0.3 is 0 Å². The fourth-order valence-corrected chi connectivity index (χ4v) is 3.77. The van der Waals surface area contributed by atoms with Gasteiger partial charge in [0.25, 0.3) is 5.56 Å². The Morgan fingerprint density at radius 1 is 1.48 bits per heavy atom. The number of H-pyrrole nitrogens is 1. The number of nitriles is 1. The van der Waals surface area contributed by atoms with E-state index in [-0.39, 0.29) is 17.0 Å². The number of nitrogens with one attached hydrogen (secondary N) is 2. The minimum atomic E-state index is -0.376. The zero-order valence-electron chi connectivity index (χ0n) is 12.8. The zero-order chi connectivity index (χ0) is 17.0. The van der Waals surface area contributed by atoms with Crippen molar-refractivity contribution in [3.05, 3.63) is 53.5 Å². The number of hydrogen-bond acceptors (Lipinski definition) is 4. The van der Waals surface area contributed by atoms with Crippen LogP contribution in [0.4, 0.5) is 0 Å². The minimum Gasteiger partial charge on any atom is -0.351 e. The lowest BCUT2D eigenvalue weighted by Crippen LogP contribution is -2.23. The largest absolute Gasteiger partial charge is 0.351 e. The minimum absolute atomic E-state index is 0.0574. The molecule has 120 valence electrons. The lowest BCUT2D eigenvalue weighted by molar-refractivity contribution is -0.121. The van der Waals surface area contributed by atoms with E-state index in [0.717, 1.165) is 14.9 Å². The van der Waals surface area contributed by atoms with Gasteiger partial charge in [-0.25, -0.2) is 0 Å². The Hall–Kier alpha value is -1.91. The first-order valence-corrected chi connectivity index (χ1v) is 8.71. The van der Waals surface area contributed by atoms with Gasteiger partial charge in [0.2, 0.25) is 5.91 Å². The number of carbonyl (C=O) groups is 1. The molecule has 1 amide bonds. The molecule has 0 saturated carbocycles. The highest BCUT2D eigenvalue weighted by Crippen LogP contribution is 2.19. The Morgan fingerprint density at radius 2 is 2.22 bits per heavy atom. The monoisotopic (exact) mass is 393 g/mol. The average Bonchev–Trinajstić information content (AvgIpc) is 2.90. The number of halogens is 1. The molecule has 0 saturated heterocycles. The smallest absolute Gasteiger partial charge is 0.266 e. The summed E-state index contributed by atoms with van der Waals surface area (Å²) in [5, 5.41) is 13.9. The van der Waals surface area contributed by atoms with Crippen LogP contribution in [-0.2, 0) is 17.8 Å². The van der Waals surface area contributed by atoms with Crippen molar-refractivity contribution in [2.75, 3.05) is 0 Å². The maximum absolute atomic E-state index is 12.0. The SMILES string of the molecule is Cc1[nH]c(=O)c(C#N)c(C)c1CCC(=O)NCc1cc(Br)cs1. The van der Waals surface area contributed by atoms with Crippen molar-refractivity contribution in [2.45, 2.75) is 33.2 Å². The molecule has 0 radical (unpaired) electrons. The van der Waals surface area contributed by atoms with E-state index >= 15 is 0 Å². The second kappa shape index (κ2) is 7.57. The summed E-state index contributed by atoms with van der Waals surface area (Å²) in [6.07, 6.45) is 0.800. The Balaban J connectivity index is 1.99. The molecule has 2 aromatic heterocycles. The van der Waals surface area contributed by atoms with Gasteiger partial charge in [0, 0.05) is 26.8 Å². The highest BCUT2D eigenvalue weighted by Gasteiger charge is 2.13. The molecule has 5 nitrogen and oxygen atoms in total. The maximum atomic E-state index is 12.0. The van der Waals surface area contributed by atoms with E-state index in [1.165, 1.54) is 0 Å². The molecular weight excluding hydrogens is 378 g/mol. The third-order valence-corrected chi connectivity index (χ3v) is 5.30. The summed E-state index contributed by atoms with van der Waals surface area (Å²) >= 11 is 4.96. The summed E-state index contributed by atoms with van der Waals surface area (Å²) in [6, 6.07) is 3.89. The first-order valence-electron chi connectivity index (χ1n) is 7.04. The second-order valence-electron chi connectivity index (χ2n) is 5.18. The van der Waals surface area contributed by atoms with Gasteiger partial charge in [0.15, 0.2) is 0 Å². The van der Waals surface area contributed by atoms with Crippen molar-refractivity contribution < 1.29 is 4.79 Å². The lowest BCUT2D eigenvalue weighted by Gasteiger charge is -2.10. The molecule has 7 heteroatoms. The van der Waals surface area contributed by atoms with Crippen LogP contribution in [0.5, 0.6) is 0 Å². The first kappa shape index (κ1) is 17.4. The van der Waals surface area contributed by atoms with Gasteiger partial charge in [-0.1, -0.05) is 0 Å². The molecule has 0 aliphatic heterocycles. The normalized spacial score (nSPS) is 10.3. The number of aromatic nitrogens is 1. The van der Waals surface area contributed by atoms with Crippen LogP contribution in [0.15, 0.2) is 20.7 Å². The van der Waals surface area contributed by atoms with Gasteiger partial charge in [0.05, 0.1) is 6.54 Å². The van der Waals surface area contributed by atoms with E-state index in [2.05, 4.69) is 26.2 Å². The molecule has 23 heavy (non-hydrogen) atoms. The van der Waals surface area contributed by atoms with Crippen molar-refractivity contribution in [3.63, 3.8) is 0 Å². The second-order valence-corrected chi connectivity index (χ2v) is 7.09. The molecular formula is C16H16BrN3O2S. The van der Waals surface area contributed by atoms with Crippen molar-refractivity contribution in [2.24, 2.45) is 0 Å². The van der Waals surface area contributed by atoms with Crippen molar-refractivity contribution in [1.82, 2.24) is 10.3 Å². The molecule has 0 aromatic carbocycles. The standard InChI is InChI=1S/C16H16BrN3O2S/c1-9-13(10(2)20-16(22)14(9)6-18)3-4-15(21)19-7-12-5-11(17)8-23-12/h5,8H,3-4,7H2,1-2H3,(H,19,21)(H,20,22). The van der Waals surface area contributed by atoms with Crippen LogP contribution in [-0.4, -0.2) is 10.9 Å². The van der Waals surface area contributed by atoms with Crippen LogP contribution >= 0.6 is 27.3 Å². The molecule has 2 heterocycles. The third kappa shape index (κ3) is 4.30. The van der Waals surface area contributed by atoms with E-state index in [1.807, 2.05) is 17.5 Å². The number of aryl methyl sites for hydroxylation is 1. The van der Waals surface area contributed by atoms with E-state index < -0.39 is 0 Å². The number of aromatic amines is 1. The van der Waals surface area contributed by atoms with Crippen molar-refractivity contribution in [1.29, 1.82) is 5.26 Å². The summed E-state index contributed by atoms with van der Waals surface area (Å²) in [4.78, 5) is 27.4. The van der Waals surface area contributed by atoms with Crippen LogP contribution in [0, 0.1) is 25.2 Å². The Bertz CT molecular complexity index is 833. The zero-order valence-corrected chi connectivity index (χ0v) is 15.2. The molecule has 2 aromatic rings. The van der Waals surface area contributed by atoms with Gasteiger partial charge in [-0.2, -0.15) is 5.26 Å². The fourth-order valence-electron chi connectivity index (χ4n) is 2.38.